The summed E-state index contributed by atoms with van der Waals surface area (Å²) < 4.78 is 22.4. The average molecular weight is 519 g/mol. The van der Waals surface area contributed by atoms with Crippen LogP contribution in [0.15, 0.2) is 78.2 Å². The number of esters is 1. The molecule has 2 N–H and O–H groups in total. The van der Waals surface area contributed by atoms with Crippen molar-refractivity contribution in [1.82, 2.24) is 0 Å². The minimum atomic E-state index is -0.585. The van der Waals surface area contributed by atoms with E-state index in [-0.39, 0.29) is 18.2 Å². The Labute approximate surface area is 221 Å². The Morgan fingerprint density at radius 3 is 2.38 bits per heavy atom. The van der Waals surface area contributed by atoms with E-state index in [1.807, 2.05) is 24.3 Å². The second-order valence-corrected chi connectivity index (χ2v) is 8.90. The van der Waals surface area contributed by atoms with Crippen LogP contribution in [0, 0.1) is 11.3 Å². The summed E-state index contributed by atoms with van der Waals surface area (Å²) in [5, 5.41) is 10.4. The van der Waals surface area contributed by atoms with Gasteiger partial charge in [-0.3, -0.25) is 0 Å². The molecule has 0 aromatic heterocycles. The molecule has 0 radical (unpaired) electrons. The maximum atomic E-state index is 12.3. The van der Waals surface area contributed by atoms with Gasteiger partial charge in [0, 0.05) is 16.7 Å². The fraction of sp³-hybridized carbons (Fsp3) is 0.241. The van der Waals surface area contributed by atoms with Crippen LogP contribution in [0.4, 0.5) is 0 Å². The van der Waals surface area contributed by atoms with E-state index in [9.17, 15) is 10.1 Å². The van der Waals surface area contributed by atoms with E-state index >= 15 is 0 Å². The molecule has 1 unspecified atom stereocenters. The van der Waals surface area contributed by atoms with Crippen LogP contribution in [0.5, 0.6) is 23.0 Å². The molecular weight excluding hydrogens is 492 g/mol. The molecule has 0 spiro atoms. The van der Waals surface area contributed by atoms with Crippen LogP contribution in [0.3, 0.4) is 0 Å². The van der Waals surface area contributed by atoms with Gasteiger partial charge in [-0.1, -0.05) is 49.6 Å². The lowest BCUT2D eigenvalue weighted by atomic mass is 9.83. The molecule has 1 aliphatic heterocycles. The fourth-order valence-corrected chi connectivity index (χ4v) is 4.10. The highest BCUT2D eigenvalue weighted by Gasteiger charge is 2.31. The number of halogens is 1. The number of carbonyl (C=O) groups is 1. The molecular formula is C29H27ClN2O5. The number of carbonyl (C=O) groups excluding carboxylic acids is 1. The Morgan fingerprint density at radius 1 is 1.00 bits per heavy atom. The van der Waals surface area contributed by atoms with Crippen molar-refractivity contribution in [2.75, 3.05) is 13.2 Å². The van der Waals surface area contributed by atoms with Crippen LogP contribution in [-0.4, -0.2) is 19.2 Å². The van der Waals surface area contributed by atoms with Gasteiger partial charge in [0.05, 0.1) is 12.5 Å². The van der Waals surface area contributed by atoms with Crippen molar-refractivity contribution in [2.45, 2.75) is 32.1 Å². The summed E-state index contributed by atoms with van der Waals surface area (Å²) in [6.45, 7) is 2.53. The van der Waals surface area contributed by atoms with Gasteiger partial charge in [0.1, 0.15) is 34.6 Å². The highest BCUT2D eigenvalue weighted by Crippen LogP contribution is 2.43. The van der Waals surface area contributed by atoms with E-state index in [4.69, 9.17) is 36.3 Å². The number of hydrogen-bond acceptors (Lipinski definition) is 7. The monoisotopic (exact) mass is 518 g/mol. The third kappa shape index (κ3) is 6.54. The lowest BCUT2D eigenvalue weighted by molar-refractivity contribution is -0.136. The number of nitriles is 1. The maximum absolute atomic E-state index is 12.3. The summed E-state index contributed by atoms with van der Waals surface area (Å²) in [4.78, 5) is 12.3. The number of nitrogens with zero attached hydrogens (tertiary/aromatic N) is 1. The Kier molecular flexibility index (Phi) is 8.55. The van der Waals surface area contributed by atoms with E-state index in [1.54, 1.807) is 42.5 Å². The first kappa shape index (κ1) is 25.9. The van der Waals surface area contributed by atoms with Crippen LogP contribution in [-0.2, 0) is 4.79 Å². The predicted molar refractivity (Wildman–Crippen MR) is 140 cm³/mol. The molecule has 0 amide bonds. The summed E-state index contributed by atoms with van der Waals surface area (Å²) in [6.07, 6.45) is 3.26. The average Bonchev–Trinajstić information content (AvgIpc) is 2.90. The molecule has 0 saturated heterocycles. The second-order valence-electron chi connectivity index (χ2n) is 8.47. The predicted octanol–water partition coefficient (Wildman–Crippen LogP) is 6.11. The van der Waals surface area contributed by atoms with Gasteiger partial charge in [-0.25, -0.2) is 4.79 Å². The van der Waals surface area contributed by atoms with Gasteiger partial charge in [-0.05, 0) is 54.4 Å². The molecule has 3 aromatic rings. The maximum Gasteiger partial charge on any atom is 0.349 e. The van der Waals surface area contributed by atoms with E-state index in [2.05, 4.69) is 13.0 Å². The minimum Gasteiger partial charge on any atom is -0.494 e. The number of nitrogens with two attached hydrogens (primary N) is 1. The summed E-state index contributed by atoms with van der Waals surface area (Å²) in [6, 6.07) is 21.4. The highest BCUT2D eigenvalue weighted by molar-refractivity contribution is 6.30. The normalized spacial score (nSPS) is 14.2. The number of benzene rings is 3. The Hall–Kier alpha value is -4.15. The molecule has 1 atom stereocenters. The van der Waals surface area contributed by atoms with Crippen LogP contribution >= 0.6 is 11.6 Å². The zero-order valence-corrected chi connectivity index (χ0v) is 21.2. The number of allylic oxidation sites excluding steroid dienone is 1. The number of unbranched alkanes of at least 4 members (excludes halogenated alkanes) is 2. The number of ether oxygens (including phenoxy) is 4. The molecule has 4 rings (SSSR count). The van der Waals surface area contributed by atoms with Gasteiger partial charge >= 0.3 is 5.97 Å². The number of hydrogen-bond donors (Lipinski definition) is 1. The molecule has 0 aliphatic carbocycles. The number of rotatable bonds is 10. The van der Waals surface area contributed by atoms with Crippen molar-refractivity contribution in [2.24, 2.45) is 5.73 Å². The third-order valence-corrected chi connectivity index (χ3v) is 6.07. The van der Waals surface area contributed by atoms with Crippen LogP contribution < -0.4 is 24.7 Å². The first-order valence-electron chi connectivity index (χ1n) is 12.0. The molecule has 0 saturated carbocycles. The largest absolute Gasteiger partial charge is 0.494 e. The van der Waals surface area contributed by atoms with Crippen molar-refractivity contribution in [3.63, 3.8) is 0 Å². The quantitative estimate of drug-likeness (QED) is 0.196. The van der Waals surface area contributed by atoms with Crippen molar-refractivity contribution >= 4 is 17.6 Å². The van der Waals surface area contributed by atoms with E-state index in [0.29, 0.717) is 28.7 Å². The zero-order valence-electron chi connectivity index (χ0n) is 20.4. The lowest BCUT2D eigenvalue weighted by Gasteiger charge is -2.26. The molecule has 7 nitrogen and oxygen atoms in total. The SMILES string of the molecule is CCCCCOc1ccc(C2C(C#N)=C(N)Oc3cc(OC(=O)COc4ccc(Cl)cc4)ccc32)cc1. The Morgan fingerprint density at radius 2 is 1.68 bits per heavy atom. The van der Waals surface area contributed by atoms with Gasteiger partial charge in [-0.2, -0.15) is 5.26 Å². The van der Waals surface area contributed by atoms with Crippen molar-refractivity contribution in [3.8, 4) is 29.1 Å². The van der Waals surface area contributed by atoms with Crippen molar-refractivity contribution < 1.29 is 23.7 Å². The topological polar surface area (TPSA) is 104 Å². The molecule has 0 bridgehead atoms. The fourth-order valence-electron chi connectivity index (χ4n) is 3.97. The lowest BCUT2D eigenvalue weighted by Crippen LogP contribution is -2.21. The first-order chi connectivity index (χ1) is 18.0. The Balaban J connectivity index is 1.48. The molecule has 0 fully saturated rings. The van der Waals surface area contributed by atoms with Gasteiger partial charge in [0.15, 0.2) is 6.61 Å². The summed E-state index contributed by atoms with van der Waals surface area (Å²) in [7, 11) is 0. The summed E-state index contributed by atoms with van der Waals surface area (Å²) in [5.41, 5.74) is 8.02. The molecule has 1 heterocycles. The van der Waals surface area contributed by atoms with Crippen molar-refractivity contribution in [3.05, 3.63) is 94.3 Å². The second kappa shape index (κ2) is 12.2. The van der Waals surface area contributed by atoms with Gasteiger partial charge in [-0.15, -0.1) is 0 Å². The molecule has 190 valence electrons. The van der Waals surface area contributed by atoms with Crippen LogP contribution in [0.2, 0.25) is 5.02 Å². The van der Waals surface area contributed by atoms with Gasteiger partial charge < -0.3 is 24.7 Å². The highest BCUT2D eigenvalue weighted by atomic mass is 35.5. The van der Waals surface area contributed by atoms with Crippen LogP contribution in [0.25, 0.3) is 0 Å². The zero-order chi connectivity index (χ0) is 26.2. The molecule has 3 aromatic carbocycles. The standard InChI is InChI=1S/C29H27ClN2O5/c1-2-3-4-15-34-21-9-5-19(6-10-21)28-24-14-13-23(16-26(24)37-29(32)25(28)17-31)36-27(33)18-35-22-11-7-20(30)8-12-22/h5-14,16,28H,2-4,15,18,32H2,1H3. The molecule has 37 heavy (non-hydrogen) atoms. The van der Waals surface area contributed by atoms with Gasteiger partial charge in [0.2, 0.25) is 5.88 Å². The summed E-state index contributed by atoms with van der Waals surface area (Å²) in [5.74, 6) is 0.938. The van der Waals surface area contributed by atoms with E-state index < -0.39 is 11.9 Å². The smallest absolute Gasteiger partial charge is 0.349 e. The molecule has 1 aliphatic rings. The minimum absolute atomic E-state index is 0.00874. The van der Waals surface area contributed by atoms with E-state index in [1.165, 1.54) is 0 Å². The molecule has 8 heteroatoms. The first-order valence-corrected chi connectivity index (χ1v) is 12.4. The van der Waals surface area contributed by atoms with Gasteiger partial charge in [0.25, 0.3) is 0 Å². The van der Waals surface area contributed by atoms with Crippen molar-refractivity contribution in [1.29, 1.82) is 5.26 Å². The number of fused-ring (bicyclic) bond motifs is 1. The van der Waals surface area contributed by atoms with Crippen LogP contribution in [0.1, 0.15) is 43.2 Å². The summed E-state index contributed by atoms with van der Waals surface area (Å²) >= 11 is 5.86. The van der Waals surface area contributed by atoms with E-state index in [0.717, 1.165) is 36.1 Å². The Bertz CT molecular complexity index is 1310. The third-order valence-electron chi connectivity index (χ3n) is 5.82.